The fourth-order valence-electron chi connectivity index (χ4n) is 2.94. The van der Waals surface area contributed by atoms with Gasteiger partial charge < -0.3 is 10.5 Å². The molecule has 1 saturated carbocycles. The number of hydrogen-bond donors (Lipinski definition) is 1. The Balaban J connectivity index is 2.49. The molecule has 2 nitrogen and oxygen atoms in total. The average molecular weight is 251 g/mol. The maximum atomic E-state index is 6.07. The fourth-order valence-corrected chi connectivity index (χ4v) is 3.80. The lowest BCUT2D eigenvalue weighted by molar-refractivity contribution is 0.393. The molecular weight excluding hydrogens is 230 g/mol. The van der Waals surface area contributed by atoms with E-state index in [2.05, 4.69) is 18.4 Å². The molecule has 0 spiro atoms. The van der Waals surface area contributed by atoms with E-state index in [1.165, 1.54) is 36.1 Å². The van der Waals surface area contributed by atoms with E-state index in [0.29, 0.717) is 0 Å². The molecule has 0 atom stereocenters. The summed E-state index contributed by atoms with van der Waals surface area (Å²) in [6, 6.07) is 6.35. The molecule has 0 amide bonds. The van der Waals surface area contributed by atoms with Crippen molar-refractivity contribution in [3.63, 3.8) is 0 Å². The number of rotatable bonds is 4. The van der Waals surface area contributed by atoms with Crippen LogP contribution in [-0.4, -0.2) is 19.9 Å². The predicted molar refractivity (Wildman–Crippen MR) is 74.0 cm³/mol. The van der Waals surface area contributed by atoms with Crippen LogP contribution in [-0.2, 0) is 5.41 Å². The second-order valence-electron chi connectivity index (χ2n) is 4.73. The van der Waals surface area contributed by atoms with Gasteiger partial charge in [0.25, 0.3) is 0 Å². The Morgan fingerprint density at radius 1 is 1.35 bits per heavy atom. The van der Waals surface area contributed by atoms with Crippen molar-refractivity contribution in [3.8, 4) is 5.75 Å². The van der Waals surface area contributed by atoms with E-state index in [9.17, 15) is 0 Å². The van der Waals surface area contributed by atoms with E-state index in [4.69, 9.17) is 10.5 Å². The van der Waals surface area contributed by atoms with Gasteiger partial charge in [-0.15, -0.1) is 11.8 Å². The fraction of sp³-hybridized carbons (Fsp3) is 0.571. The summed E-state index contributed by atoms with van der Waals surface area (Å²) in [5, 5.41) is 0. The van der Waals surface area contributed by atoms with Gasteiger partial charge in [-0.25, -0.2) is 0 Å². The molecule has 94 valence electrons. The van der Waals surface area contributed by atoms with Crippen molar-refractivity contribution >= 4 is 11.8 Å². The van der Waals surface area contributed by atoms with Crippen LogP contribution >= 0.6 is 11.8 Å². The summed E-state index contributed by atoms with van der Waals surface area (Å²) in [6.45, 7) is 0.744. The Morgan fingerprint density at radius 3 is 2.59 bits per heavy atom. The molecule has 0 aromatic heterocycles. The summed E-state index contributed by atoms with van der Waals surface area (Å²) in [4.78, 5) is 1.27. The first kappa shape index (κ1) is 12.8. The largest absolute Gasteiger partial charge is 0.496 e. The van der Waals surface area contributed by atoms with Crippen molar-refractivity contribution in [2.24, 2.45) is 5.73 Å². The minimum atomic E-state index is 0.187. The maximum absolute atomic E-state index is 6.07. The van der Waals surface area contributed by atoms with Crippen molar-refractivity contribution in [3.05, 3.63) is 23.8 Å². The number of hydrogen-bond acceptors (Lipinski definition) is 3. The summed E-state index contributed by atoms with van der Waals surface area (Å²) < 4.78 is 5.46. The monoisotopic (exact) mass is 251 g/mol. The smallest absolute Gasteiger partial charge is 0.132 e. The lowest BCUT2D eigenvalue weighted by Crippen LogP contribution is -2.32. The third-order valence-corrected chi connectivity index (χ3v) is 4.76. The molecule has 1 aliphatic rings. The molecule has 1 aromatic carbocycles. The molecule has 0 aliphatic heterocycles. The molecule has 3 heteroatoms. The lowest BCUT2D eigenvalue weighted by Gasteiger charge is -2.30. The zero-order chi connectivity index (χ0) is 12.3. The number of nitrogens with two attached hydrogens (primary N) is 1. The predicted octanol–water partition coefficient (Wildman–Crippen LogP) is 3.19. The highest BCUT2D eigenvalue weighted by Crippen LogP contribution is 2.46. The van der Waals surface area contributed by atoms with Crippen LogP contribution in [0.15, 0.2) is 23.1 Å². The topological polar surface area (TPSA) is 35.2 Å². The Morgan fingerprint density at radius 2 is 2.06 bits per heavy atom. The first-order valence-corrected chi connectivity index (χ1v) is 7.41. The van der Waals surface area contributed by atoms with Gasteiger partial charge in [-0.1, -0.05) is 25.0 Å². The van der Waals surface area contributed by atoms with Crippen molar-refractivity contribution in [1.29, 1.82) is 0 Å². The van der Waals surface area contributed by atoms with Gasteiger partial charge in [0.15, 0.2) is 0 Å². The highest BCUT2D eigenvalue weighted by atomic mass is 32.2. The molecule has 1 aliphatic carbocycles. The van der Waals surface area contributed by atoms with Crippen molar-refractivity contribution in [1.82, 2.24) is 0 Å². The highest BCUT2D eigenvalue weighted by Gasteiger charge is 2.36. The van der Waals surface area contributed by atoms with E-state index >= 15 is 0 Å². The quantitative estimate of drug-likeness (QED) is 0.835. The number of benzene rings is 1. The maximum Gasteiger partial charge on any atom is 0.132 e. The third-order valence-electron chi connectivity index (χ3n) is 3.93. The first-order valence-electron chi connectivity index (χ1n) is 6.19. The Kier molecular flexibility index (Phi) is 4.00. The zero-order valence-electron chi connectivity index (χ0n) is 10.7. The molecule has 0 bridgehead atoms. The zero-order valence-corrected chi connectivity index (χ0v) is 11.5. The molecule has 2 rings (SSSR count). The summed E-state index contributed by atoms with van der Waals surface area (Å²) in [5.74, 6) is 0.981. The first-order chi connectivity index (χ1) is 8.27. The summed E-state index contributed by atoms with van der Waals surface area (Å²) in [6.07, 6.45) is 7.12. The van der Waals surface area contributed by atoms with Crippen LogP contribution in [0, 0.1) is 0 Å². The van der Waals surface area contributed by atoms with Crippen LogP contribution in [0.4, 0.5) is 0 Å². The van der Waals surface area contributed by atoms with E-state index in [-0.39, 0.29) is 5.41 Å². The van der Waals surface area contributed by atoms with Crippen molar-refractivity contribution in [2.45, 2.75) is 36.0 Å². The molecular formula is C14H21NOS. The molecule has 1 aromatic rings. The van der Waals surface area contributed by atoms with Crippen LogP contribution in [0.2, 0.25) is 0 Å². The molecule has 0 heterocycles. The van der Waals surface area contributed by atoms with E-state index in [1.807, 2.05) is 6.07 Å². The van der Waals surface area contributed by atoms with Crippen LogP contribution < -0.4 is 10.5 Å². The van der Waals surface area contributed by atoms with Crippen LogP contribution in [0.5, 0.6) is 5.75 Å². The Labute approximate surface area is 108 Å². The third kappa shape index (κ3) is 2.18. The normalized spacial score (nSPS) is 18.3. The van der Waals surface area contributed by atoms with Crippen molar-refractivity contribution < 1.29 is 4.74 Å². The van der Waals surface area contributed by atoms with Gasteiger partial charge in [0.2, 0.25) is 0 Å². The molecule has 1 fully saturated rings. The van der Waals surface area contributed by atoms with Gasteiger partial charge in [-0.05, 0) is 30.7 Å². The van der Waals surface area contributed by atoms with E-state index < -0.39 is 0 Å². The van der Waals surface area contributed by atoms with Gasteiger partial charge in [0.1, 0.15) is 5.75 Å². The minimum absolute atomic E-state index is 0.187. The van der Waals surface area contributed by atoms with Gasteiger partial charge in [-0.2, -0.15) is 0 Å². The van der Waals surface area contributed by atoms with E-state index in [0.717, 1.165) is 12.3 Å². The molecule has 0 radical (unpaired) electrons. The standard InChI is InChI=1S/C14H21NOS/c1-16-12-7-5-6-11(13(12)17-2)14(10-15)8-3-4-9-14/h5-7H,3-4,8-10,15H2,1-2H3. The average Bonchev–Trinajstić information content (AvgIpc) is 2.87. The summed E-state index contributed by atoms with van der Waals surface area (Å²) in [5.41, 5.74) is 7.65. The van der Waals surface area contributed by atoms with Gasteiger partial charge in [-0.3, -0.25) is 0 Å². The highest BCUT2D eigenvalue weighted by molar-refractivity contribution is 7.98. The Bertz CT molecular complexity index is 386. The second-order valence-corrected chi connectivity index (χ2v) is 5.55. The van der Waals surface area contributed by atoms with Crippen LogP contribution in [0.3, 0.4) is 0 Å². The van der Waals surface area contributed by atoms with Gasteiger partial charge >= 0.3 is 0 Å². The van der Waals surface area contributed by atoms with Crippen LogP contribution in [0.25, 0.3) is 0 Å². The molecule has 2 N–H and O–H groups in total. The van der Waals surface area contributed by atoms with E-state index in [1.54, 1.807) is 18.9 Å². The molecule has 0 saturated heterocycles. The second kappa shape index (κ2) is 5.32. The number of ether oxygens (including phenoxy) is 1. The number of methoxy groups -OCH3 is 1. The SMILES string of the molecule is COc1cccc(C2(CN)CCCC2)c1SC. The Hall–Kier alpha value is -0.670. The van der Waals surface area contributed by atoms with Gasteiger partial charge in [0, 0.05) is 12.0 Å². The van der Waals surface area contributed by atoms with Gasteiger partial charge in [0.05, 0.1) is 12.0 Å². The summed E-state index contributed by atoms with van der Waals surface area (Å²) in [7, 11) is 1.74. The van der Waals surface area contributed by atoms with Crippen LogP contribution in [0.1, 0.15) is 31.2 Å². The molecule has 0 unspecified atom stereocenters. The minimum Gasteiger partial charge on any atom is -0.496 e. The van der Waals surface area contributed by atoms with Crippen molar-refractivity contribution in [2.75, 3.05) is 19.9 Å². The number of thioether (sulfide) groups is 1. The lowest BCUT2D eigenvalue weighted by atomic mass is 9.79. The molecule has 17 heavy (non-hydrogen) atoms. The summed E-state index contributed by atoms with van der Waals surface area (Å²) >= 11 is 1.77.